The molecule has 2 rings (SSSR count). The summed E-state index contributed by atoms with van der Waals surface area (Å²) in [5.41, 5.74) is 8.71. The van der Waals surface area contributed by atoms with Crippen LogP contribution in [0.3, 0.4) is 0 Å². The molecular formula is C15H15N3O. The highest BCUT2D eigenvalue weighted by molar-refractivity contribution is 5.52. The number of anilines is 2. The van der Waals surface area contributed by atoms with Gasteiger partial charge in [-0.3, -0.25) is 0 Å². The Kier molecular flexibility index (Phi) is 3.58. The number of rotatable bonds is 3. The van der Waals surface area contributed by atoms with Gasteiger partial charge in [0.2, 0.25) is 0 Å². The Labute approximate surface area is 112 Å². The molecule has 4 nitrogen and oxygen atoms in total. The highest BCUT2D eigenvalue weighted by atomic mass is 16.3. The SMILES string of the molecule is CN(Cc1cc(N)ccc1O)c1ccc(C#N)cc1. The summed E-state index contributed by atoms with van der Waals surface area (Å²) in [7, 11) is 1.92. The fourth-order valence-electron chi connectivity index (χ4n) is 1.87. The van der Waals surface area contributed by atoms with Crippen LogP contribution in [0.5, 0.6) is 5.75 Å². The van der Waals surface area contributed by atoms with Crippen molar-refractivity contribution in [3.8, 4) is 11.8 Å². The summed E-state index contributed by atoms with van der Waals surface area (Å²) in [6.07, 6.45) is 0. The summed E-state index contributed by atoms with van der Waals surface area (Å²) in [6.45, 7) is 0.544. The average molecular weight is 253 g/mol. The maximum absolute atomic E-state index is 9.79. The number of nitrogens with two attached hydrogens (primary N) is 1. The van der Waals surface area contributed by atoms with Gasteiger partial charge in [0.25, 0.3) is 0 Å². The number of phenolic OH excluding ortho intramolecular Hbond substituents is 1. The number of hydrogen-bond donors (Lipinski definition) is 2. The first-order chi connectivity index (χ1) is 9.10. The number of phenols is 1. The van der Waals surface area contributed by atoms with Crippen LogP contribution in [0.25, 0.3) is 0 Å². The van der Waals surface area contributed by atoms with E-state index < -0.39 is 0 Å². The zero-order valence-electron chi connectivity index (χ0n) is 10.7. The Hall–Kier alpha value is -2.67. The lowest BCUT2D eigenvalue weighted by atomic mass is 10.1. The van der Waals surface area contributed by atoms with Crippen LogP contribution in [0, 0.1) is 11.3 Å². The largest absolute Gasteiger partial charge is 0.508 e. The Bertz CT molecular complexity index is 614. The summed E-state index contributed by atoms with van der Waals surface area (Å²) in [4.78, 5) is 1.98. The third-order valence-electron chi connectivity index (χ3n) is 2.95. The normalized spacial score (nSPS) is 9.89. The first kappa shape index (κ1) is 12.8. The Balaban J connectivity index is 2.18. The van der Waals surface area contributed by atoms with E-state index in [9.17, 15) is 5.11 Å². The van der Waals surface area contributed by atoms with Crippen molar-refractivity contribution in [2.75, 3.05) is 17.7 Å². The van der Waals surface area contributed by atoms with E-state index in [1.807, 2.05) is 24.1 Å². The van der Waals surface area contributed by atoms with Crippen molar-refractivity contribution < 1.29 is 5.11 Å². The van der Waals surface area contributed by atoms with E-state index in [1.54, 1.807) is 30.3 Å². The number of hydrogen-bond acceptors (Lipinski definition) is 4. The zero-order valence-corrected chi connectivity index (χ0v) is 10.7. The van der Waals surface area contributed by atoms with Gasteiger partial charge in [-0.25, -0.2) is 0 Å². The Morgan fingerprint density at radius 3 is 2.53 bits per heavy atom. The fourth-order valence-corrected chi connectivity index (χ4v) is 1.87. The molecular weight excluding hydrogens is 238 g/mol. The molecule has 0 spiro atoms. The Morgan fingerprint density at radius 1 is 1.21 bits per heavy atom. The molecule has 96 valence electrons. The van der Waals surface area contributed by atoms with Gasteiger partial charge in [-0.05, 0) is 42.5 Å². The van der Waals surface area contributed by atoms with E-state index >= 15 is 0 Å². The van der Waals surface area contributed by atoms with E-state index in [1.165, 1.54) is 0 Å². The number of nitrogens with zero attached hydrogens (tertiary/aromatic N) is 2. The van der Waals surface area contributed by atoms with E-state index in [2.05, 4.69) is 6.07 Å². The molecule has 0 amide bonds. The van der Waals surface area contributed by atoms with Crippen LogP contribution >= 0.6 is 0 Å². The van der Waals surface area contributed by atoms with E-state index in [-0.39, 0.29) is 5.75 Å². The molecule has 2 aromatic carbocycles. The van der Waals surface area contributed by atoms with Crippen molar-refractivity contribution >= 4 is 11.4 Å². The van der Waals surface area contributed by atoms with Crippen molar-refractivity contribution in [3.63, 3.8) is 0 Å². The van der Waals surface area contributed by atoms with E-state index in [0.717, 1.165) is 11.3 Å². The number of nitriles is 1. The molecule has 0 radical (unpaired) electrons. The number of nitrogen functional groups attached to an aromatic ring is 1. The molecule has 2 aromatic rings. The molecule has 0 fully saturated rings. The van der Waals surface area contributed by atoms with Gasteiger partial charge in [0.05, 0.1) is 11.6 Å². The predicted octanol–water partition coefficient (Wildman–Crippen LogP) is 2.48. The summed E-state index contributed by atoms with van der Waals surface area (Å²) < 4.78 is 0. The number of aromatic hydroxyl groups is 1. The van der Waals surface area contributed by atoms with Crippen molar-refractivity contribution in [2.45, 2.75) is 6.54 Å². The second-order valence-corrected chi connectivity index (χ2v) is 4.40. The summed E-state index contributed by atoms with van der Waals surface area (Å²) in [5, 5.41) is 18.5. The predicted molar refractivity (Wildman–Crippen MR) is 75.8 cm³/mol. The molecule has 0 aromatic heterocycles. The van der Waals surface area contributed by atoms with Crippen molar-refractivity contribution in [1.82, 2.24) is 0 Å². The minimum absolute atomic E-state index is 0.231. The first-order valence-electron chi connectivity index (χ1n) is 5.89. The van der Waals surface area contributed by atoms with Crippen molar-refractivity contribution in [3.05, 3.63) is 53.6 Å². The number of benzene rings is 2. The van der Waals surface area contributed by atoms with Crippen molar-refractivity contribution in [1.29, 1.82) is 5.26 Å². The summed E-state index contributed by atoms with van der Waals surface area (Å²) >= 11 is 0. The fraction of sp³-hybridized carbons (Fsp3) is 0.133. The van der Waals surface area contributed by atoms with Gasteiger partial charge >= 0.3 is 0 Å². The van der Waals surface area contributed by atoms with E-state index in [4.69, 9.17) is 11.0 Å². The maximum Gasteiger partial charge on any atom is 0.120 e. The average Bonchev–Trinajstić information content (AvgIpc) is 2.43. The lowest BCUT2D eigenvalue weighted by Gasteiger charge is -2.20. The smallest absolute Gasteiger partial charge is 0.120 e. The molecule has 0 saturated carbocycles. The molecule has 0 saturated heterocycles. The molecule has 0 unspecified atom stereocenters. The topological polar surface area (TPSA) is 73.3 Å². The van der Waals surface area contributed by atoms with Gasteiger partial charge in [-0.15, -0.1) is 0 Å². The molecule has 0 heterocycles. The molecule has 0 aliphatic heterocycles. The van der Waals surface area contributed by atoms with Crippen LogP contribution < -0.4 is 10.6 Å². The second kappa shape index (κ2) is 5.32. The second-order valence-electron chi connectivity index (χ2n) is 4.40. The third-order valence-corrected chi connectivity index (χ3v) is 2.95. The third kappa shape index (κ3) is 2.96. The molecule has 0 aliphatic carbocycles. The quantitative estimate of drug-likeness (QED) is 0.651. The molecule has 19 heavy (non-hydrogen) atoms. The standard InChI is InChI=1S/C15H15N3O/c1-18(14-5-2-11(9-16)3-6-14)10-12-8-13(17)4-7-15(12)19/h2-8,19H,10,17H2,1H3. The summed E-state index contributed by atoms with van der Waals surface area (Å²) in [6, 6.07) is 14.4. The van der Waals surface area contributed by atoms with E-state index in [0.29, 0.717) is 17.8 Å². The van der Waals surface area contributed by atoms with Gasteiger partial charge in [-0.1, -0.05) is 0 Å². The molecule has 4 heteroatoms. The lowest BCUT2D eigenvalue weighted by Crippen LogP contribution is -2.16. The van der Waals surface area contributed by atoms with Gasteiger partial charge in [0, 0.05) is 30.5 Å². The van der Waals surface area contributed by atoms with Crippen LogP contribution in [0.2, 0.25) is 0 Å². The minimum Gasteiger partial charge on any atom is -0.508 e. The van der Waals surface area contributed by atoms with Gasteiger partial charge < -0.3 is 15.7 Å². The highest BCUT2D eigenvalue weighted by Crippen LogP contribution is 2.23. The van der Waals surface area contributed by atoms with Crippen LogP contribution in [0.15, 0.2) is 42.5 Å². The van der Waals surface area contributed by atoms with Crippen LogP contribution in [-0.2, 0) is 6.54 Å². The minimum atomic E-state index is 0.231. The van der Waals surface area contributed by atoms with Gasteiger partial charge in [-0.2, -0.15) is 5.26 Å². The van der Waals surface area contributed by atoms with Crippen LogP contribution in [-0.4, -0.2) is 12.2 Å². The monoisotopic (exact) mass is 253 g/mol. The van der Waals surface area contributed by atoms with Gasteiger partial charge in [0.15, 0.2) is 0 Å². The Morgan fingerprint density at radius 2 is 1.89 bits per heavy atom. The molecule has 3 N–H and O–H groups in total. The van der Waals surface area contributed by atoms with Gasteiger partial charge in [0.1, 0.15) is 5.75 Å². The van der Waals surface area contributed by atoms with Crippen LogP contribution in [0.1, 0.15) is 11.1 Å². The zero-order chi connectivity index (χ0) is 13.8. The summed E-state index contributed by atoms with van der Waals surface area (Å²) in [5.74, 6) is 0.231. The maximum atomic E-state index is 9.79. The van der Waals surface area contributed by atoms with Crippen LogP contribution in [0.4, 0.5) is 11.4 Å². The molecule has 0 atom stereocenters. The molecule has 0 bridgehead atoms. The highest BCUT2D eigenvalue weighted by Gasteiger charge is 2.06. The van der Waals surface area contributed by atoms with Crippen molar-refractivity contribution in [2.24, 2.45) is 0 Å². The first-order valence-corrected chi connectivity index (χ1v) is 5.89. The molecule has 0 aliphatic rings. The lowest BCUT2D eigenvalue weighted by molar-refractivity contribution is 0.468.